The van der Waals surface area contributed by atoms with Gasteiger partial charge >= 0.3 is 12.0 Å². The summed E-state index contributed by atoms with van der Waals surface area (Å²) < 4.78 is 0. The maximum Gasteiger partial charge on any atom is 0.326 e. The predicted octanol–water partition coefficient (Wildman–Crippen LogP) is 4.56. The summed E-state index contributed by atoms with van der Waals surface area (Å²) >= 11 is 12.7. The molecule has 0 aromatic heterocycles. The van der Waals surface area contributed by atoms with E-state index in [-0.39, 0.29) is 5.92 Å². The van der Waals surface area contributed by atoms with Gasteiger partial charge in [0.1, 0.15) is 6.04 Å². The molecule has 0 saturated carbocycles. The molecule has 1 unspecified atom stereocenters. The van der Waals surface area contributed by atoms with E-state index in [0.29, 0.717) is 22.2 Å². The molecule has 2 aromatic carbocycles. The van der Waals surface area contributed by atoms with E-state index >= 15 is 0 Å². The van der Waals surface area contributed by atoms with Crippen molar-refractivity contribution in [2.24, 2.45) is 0 Å². The lowest BCUT2D eigenvalue weighted by Crippen LogP contribution is -2.42. The van der Waals surface area contributed by atoms with Crippen LogP contribution in [0.5, 0.6) is 0 Å². The third kappa shape index (κ3) is 5.01. The molecule has 2 aromatic rings. The number of aliphatic carboxylic acids is 1. The van der Waals surface area contributed by atoms with Crippen molar-refractivity contribution in [1.29, 1.82) is 0 Å². The molecule has 154 valence electrons. The SMILES string of the molecule is CCC(NC(=O)Nc1cccc([C@H]2CN(C)Cc3c(Cl)cc(Cl)cc32)c1)C(=O)O. The van der Waals surface area contributed by atoms with Crippen LogP contribution in [0.4, 0.5) is 10.5 Å². The van der Waals surface area contributed by atoms with Gasteiger partial charge in [-0.2, -0.15) is 0 Å². The first kappa shape index (κ1) is 21.4. The van der Waals surface area contributed by atoms with Gasteiger partial charge in [-0.25, -0.2) is 9.59 Å². The van der Waals surface area contributed by atoms with Crippen molar-refractivity contribution in [3.05, 3.63) is 63.1 Å². The molecular weight excluding hydrogens is 413 g/mol. The molecule has 2 amide bonds. The van der Waals surface area contributed by atoms with Gasteiger partial charge in [-0.15, -0.1) is 0 Å². The zero-order chi connectivity index (χ0) is 21.1. The smallest absolute Gasteiger partial charge is 0.326 e. The monoisotopic (exact) mass is 435 g/mol. The standard InChI is InChI=1S/C21H23Cl2N3O3/c1-3-19(20(27)28)25-21(29)24-14-6-4-5-12(7-14)16-10-26(2)11-17-15(16)8-13(22)9-18(17)23/h4-9,16,19H,3,10-11H2,1-2H3,(H,27,28)(H2,24,25,29)/t16-,19?/m1/s1. The largest absolute Gasteiger partial charge is 0.480 e. The Kier molecular flexibility index (Phi) is 6.67. The third-order valence-electron chi connectivity index (χ3n) is 5.05. The number of anilines is 1. The molecule has 29 heavy (non-hydrogen) atoms. The number of benzene rings is 2. The fraction of sp³-hybridized carbons (Fsp3) is 0.333. The Morgan fingerprint density at radius 1 is 1.28 bits per heavy atom. The van der Waals surface area contributed by atoms with Gasteiger partial charge in [-0.1, -0.05) is 42.3 Å². The van der Waals surface area contributed by atoms with Crippen LogP contribution >= 0.6 is 23.2 Å². The quantitative estimate of drug-likeness (QED) is 0.642. The summed E-state index contributed by atoms with van der Waals surface area (Å²) in [6.45, 7) is 3.24. The summed E-state index contributed by atoms with van der Waals surface area (Å²) in [4.78, 5) is 25.5. The van der Waals surface area contributed by atoms with Crippen LogP contribution in [0.15, 0.2) is 36.4 Å². The number of carboxylic acid groups (broad SMARTS) is 1. The summed E-state index contributed by atoms with van der Waals surface area (Å²) in [7, 11) is 2.03. The second-order valence-corrected chi connectivity index (χ2v) is 8.07. The molecule has 0 spiro atoms. The minimum atomic E-state index is -1.06. The van der Waals surface area contributed by atoms with Gasteiger partial charge in [-0.05, 0) is 54.4 Å². The molecule has 1 heterocycles. The van der Waals surface area contributed by atoms with Gasteiger partial charge in [0.05, 0.1) is 0 Å². The van der Waals surface area contributed by atoms with Gasteiger partial charge in [-0.3, -0.25) is 0 Å². The summed E-state index contributed by atoms with van der Waals surface area (Å²) in [5.74, 6) is -1.01. The Morgan fingerprint density at radius 2 is 2.03 bits per heavy atom. The highest BCUT2D eigenvalue weighted by atomic mass is 35.5. The van der Waals surface area contributed by atoms with E-state index in [1.165, 1.54) is 0 Å². The van der Waals surface area contributed by atoms with E-state index < -0.39 is 18.0 Å². The Hall–Kier alpha value is -2.28. The van der Waals surface area contributed by atoms with E-state index in [9.17, 15) is 9.59 Å². The molecule has 0 bridgehead atoms. The number of halogens is 2. The van der Waals surface area contributed by atoms with Crippen molar-refractivity contribution in [2.45, 2.75) is 31.8 Å². The van der Waals surface area contributed by atoms with Crippen LogP contribution < -0.4 is 10.6 Å². The highest BCUT2D eigenvalue weighted by Crippen LogP contribution is 2.38. The van der Waals surface area contributed by atoms with Crippen molar-refractivity contribution in [3.63, 3.8) is 0 Å². The Balaban J connectivity index is 1.85. The second-order valence-electron chi connectivity index (χ2n) is 7.23. The Bertz CT molecular complexity index is 935. The maximum absolute atomic E-state index is 12.2. The fourth-order valence-electron chi connectivity index (χ4n) is 3.63. The number of amides is 2. The van der Waals surface area contributed by atoms with Gasteiger partial charge in [0.15, 0.2) is 0 Å². The lowest BCUT2D eigenvalue weighted by atomic mass is 9.84. The number of rotatable bonds is 5. The van der Waals surface area contributed by atoms with Crippen LogP contribution in [0.3, 0.4) is 0 Å². The zero-order valence-electron chi connectivity index (χ0n) is 16.2. The van der Waals surface area contributed by atoms with Crippen LogP contribution in [-0.4, -0.2) is 41.6 Å². The van der Waals surface area contributed by atoms with Gasteiger partial charge in [0.2, 0.25) is 0 Å². The average molecular weight is 436 g/mol. The number of nitrogens with zero attached hydrogens (tertiary/aromatic N) is 1. The number of hydrogen-bond donors (Lipinski definition) is 3. The first-order valence-electron chi connectivity index (χ1n) is 9.35. The number of likely N-dealkylation sites (N-methyl/N-ethyl adjacent to an activating group) is 1. The number of carbonyl (C=O) groups excluding carboxylic acids is 1. The van der Waals surface area contributed by atoms with Gasteiger partial charge in [0, 0.05) is 34.7 Å². The van der Waals surface area contributed by atoms with Crippen LogP contribution in [0.2, 0.25) is 10.0 Å². The molecule has 3 N–H and O–H groups in total. The van der Waals surface area contributed by atoms with Crippen molar-refractivity contribution in [2.75, 3.05) is 18.9 Å². The maximum atomic E-state index is 12.2. The average Bonchev–Trinajstić information content (AvgIpc) is 2.66. The number of fused-ring (bicyclic) bond motifs is 1. The Labute approximate surface area is 179 Å². The topological polar surface area (TPSA) is 81.7 Å². The summed E-state index contributed by atoms with van der Waals surface area (Å²) in [5.41, 5.74) is 3.74. The lowest BCUT2D eigenvalue weighted by Gasteiger charge is -2.33. The minimum absolute atomic E-state index is 0.0483. The van der Waals surface area contributed by atoms with E-state index in [1.807, 2.05) is 31.3 Å². The molecular formula is C21H23Cl2N3O3. The molecule has 6 nitrogen and oxygen atoms in total. The number of urea groups is 1. The molecule has 2 atom stereocenters. The second kappa shape index (κ2) is 9.03. The molecule has 0 radical (unpaired) electrons. The zero-order valence-corrected chi connectivity index (χ0v) is 17.7. The lowest BCUT2D eigenvalue weighted by molar-refractivity contribution is -0.139. The summed E-state index contributed by atoms with van der Waals surface area (Å²) in [6.07, 6.45) is 0.301. The van der Waals surface area contributed by atoms with Crippen LogP contribution in [0.1, 0.15) is 36.0 Å². The highest BCUT2D eigenvalue weighted by molar-refractivity contribution is 6.35. The van der Waals surface area contributed by atoms with E-state index in [0.717, 1.165) is 29.8 Å². The number of nitrogens with one attached hydrogen (secondary N) is 2. The first-order valence-corrected chi connectivity index (χ1v) is 10.1. The molecule has 0 aliphatic carbocycles. The normalized spacial score (nSPS) is 17.3. The first-order chi connectivity index (χ1) is 13.8. The van der Waals surface area contributed by atoms with Crippen molar-refractivity contribution >= 4 is 40.9 Å². The fourth-order valence-corrected chi connectivity index (χ4v) is 4.20. The summed E-state index contributed by atoms with van der Waals surface area (Å²) in [5, 5.41) is 15.5. The minimum Gasteiger partial charge on any atom is -0.480 e. The van der Waals surface area contributed by atoms with Crippen LogP contribution in [0, 0.1) is 0 Å². The van der Waals surface area contributed by atoms with E-state index in [1.54, 1.807) is 19.1 Å². The number of carbonyl (C=O) groups is 2. The van der Waals surface area contributed by atoms with Crippen LogP contribution in [-0.2, 0) is 11.3 Å². The van der Waals surface area contributed by atoms with Crippen molar-refractivity contribution < 1.29 is 14.7 Å². The van der Waals surface area contributed by atoms with E-state index in [2.05, 4.69) is 15.5 Å². The molecule has 1 aliphatic rings. The molecule has 8 heteroatoms. The van der Waals surface area contributed by atoms with Crippen LogP contribution in [0.25, 0.3) is 0 Å². The summed E-state index contributed by atoms with van der Waals surface area (Å²) in [6, 6.07) is 9.74. The van der Waals surface area contributed by atoms with Gasteiger partial charge in [0.25, 0.3) is 0 Å². The van der Waals surface area contributed by atoms with Crippen molar-refractivity contribution in [1.82, 2.24) is 10.2 Å². The van der Waals surface area contributed by atoms with Crippen molar-refractivity contribution in [3.8, 4) is 0 Å². The molecule has 1 aliphatic heterocycles. The highest BCUT2D eigenvalue weighted by Gasteiger charge is 2.27. The molecule has 3 rings (SSSR count). The van der Waals surface area contributed by atoms with Gasteiger partial charge < -0.3 is 20.6 Å². The third-order valence-corrected chi connectivity index (χ3v) is 5.61. The molecule has 0 saturated heterocycles. The predicted molar refractivity (Wildman–Crippen MR) is 115 cm³/mol. The Morgan fingerprint density at radius 3 is 2.72 bits per heavy atom. The molecule has 0 fully saturated rings. The number of carboxylic acids is 1. The van der Waals surface area contributed by atoms with E-state index in [4.69, 9.17) is 28.3 Å². The number of hydrogen-bond acceptors (Lipinski definition) is 3.